The van der Waals surface area contributed by atoms with E-state index >= 15 is 0 Å². The number of fused-ring (bicyclic) bond motifs is 1. The highest BCUT2D eigenvalue weighted by Crippen LogP contribution is 2.19. The summed E-state index contributed by atoms with van der Waals surface area (Å²) in [6.45, 7) is 0. The number of hydrogen-bond acceptors (Lipinski definition) is 2. The molecule has 3 rings (SSSR count). The summed E-state index contributed by atoms with van der Waals surface area (Å²) in [5, 5.41) is 0. The number of nitrogens with one attached hydrogen (secondary N) is 1. The fraction of sp³-hybridized carbons (Fsp3) is 0.333. The lowest BCUT2D eigenvalue weighted by Gasteiger charge is -2.07. The molecule has 0 saturated carbocycles. The molecular weight excluding hydrogens is 243 g/mol. The van der Waals surface area contributed by atoms with Crippen molar-refractivity contribution in [2.45, 2.75) is 32.1 Å². The Morgan fingerprint density at radius 1 is 1.26 bits per heavy atom. The van der Waals surface area contributed by atoms with Crippen LogP contribution in [0.15, 0.2) is 24.3 Å². The molecule has 1 N–H and O–H groups in total. The molecule has 0 aliphatic heterocycles. The average Bonchev–Trinajstić information content (AvgIpc) is 2.81. The van der Waals surface area contributed by atoms with Gasteiger partial charge in [0.25, 0.3) is 0 Å². The first kappa shape index (κ1) is 12.1. The lowest BCUT2D eigenvalue weighted by Crippen LogP contribution is -2.07. The molecule has 4 heteroatoms. The van der Waals surface area contributed by atoms with Crippen molar-refractivity contribution in [3.8, 4) is 0 Å². The predicted molar refractivity (Wildman–Crippen MR) is 69.7 cm³/mol. The van der Waals surface area contributed by atoms with Crippen LogP contribution in [0.2, 0.25) is 0 Å². The molecule has 3 nitrogen and oxygen atoms in total. The minimum absolute atomic E-state index is 0.133. The number of aryl methyl sites for hydroxylation is 2. The fourth-order valence-electron chi connectivity index (χ4n) is 2.53. The fourth-order valence-corrected chi connectivity index (χ4v) is 2.53. The number of aromatic nitrogens is 2. The molecule has 19 heavy (non-hydrogen) atoms. The van der Waals surface area contributed by atoms with Gasteiger partial charge in [-0.3, -0.25) is 4.79 Å². The van der Waals surface area contributed by atoms with Crippen molar-refractivity contribution in [1.82, 2.24) is 9.97 Å². The van der Waals surface area contributed by atoms with E-state index in [9.17, 15) is 9.18 Å². The predicted octanol–water partition coefficient (Wildman–Crippen LogP) is 2.85. The maximum atomic E-state index is 13.5. The van der Waals surface area contributed by atoms with E-state index < -0.39 is 5.82 Å². The molecule has 2 aromatic rings. The lowest BCUT2D eigenvalue weighted by molar-refractivity contribution is 0.0987. The lowest BCUT2D eigenvalue weighted by atomic mass is 10.0. The molecule has 0 spiro atoms. The Labute approximate surface area is 110 Å². The minimum atomic E-state index is -0.469. The van der Waals surface area contributed by atoms with E-state index in [0.717, 1.165) is 37.1 Å². The largest absolute Gasteiger partial charge is 0.345 e. The number of rotatable bonds is 3. The van der Waals surface area contributed by atoms with Gasteiger partial charge in [-0.25, -0.2) is 9.37 Å². The maximum absolute atomic E-state index is 13.5. The van der Waals surface area contributed by atoms with Crippen molar-refractivity contribution in [2.24, 2.45) is 0 Å². The van der Waals surface area contributed by atoms with E-state index in [1.807, 2.05) is 0 Å². The molecule has 1 aliphatic rings. The first-order chi connectivity index (χ1) is 9.24. The molecule has 0 radical (unpaired) electrons. The number of H-pyrrole nitrogens is 1. The summed E-state index contributed by atoms with van der Waals surface area (Å²) >= 11 is 0. The van der Waals surface area contributed by atoms with Crippen LogP contribution in [0.3, 0.4) is 0 Å². The van der Waals surface area contributed by atoms with Gasteiger partial charge in [-0.2, -0.15) is 0 Å². The van der Waals surface area contributed by atoms with Crippen molar-refractivity contribution < 1.29 is 9.18 Å². The smallest absolute Gasteiger partial charge is 0.173 e. The second kappa shape index (κ2) is 4.96. The van der Waals surface area contributed by atoms with Gasteiger partial charge in [0.1, 0.15) is 11.6 Å². The molecule has 1 heterocycles. The highest BCUT2D eigenvalue weighted by atomic mass is 19.1. The van der Waals surface area contributed by atoms with Gasteiger partial charge < -0.3 is 4.98 Å². The minimum Gasteiger partial charge on any atom is -0.345 e. The van der Waals surface area contributed by atoms with Crippen LogP contribution in [-0.2, 0) is 19.3 Å². The van der Waals surface area contributed by atoms with Gasteiger partial charge in [-0.05, 0) is 37.8 Å². The van der Waals surface area contributed by atoms with Crippen LogP contribution >= 0.6 is 0 Å². The van der Waals surface area contributed by atoms with Crippen LogP contribution in [0.25, 0.3) is 0 Å². The highest BCUT2D eigenvalue weighted by molar-refractivity contribution is 5.97. The van der Waals surface area contributed by atoms with Gasteiger partial charge in [0.15, 0.2) is 5.78 Å². The standard InChI is InChI=1S/C15H15FN2O/c16-11-6-2-1-5-10(11)14(19)9-15-17-12-7-3-4-8-13(12)18-15/h1-2,5-6H,3-4,7-9H2,(H,17,18). The molecular formula is C15H15FN2O. The molecule has 0 amide bonds. The number of ketones is 1. The Balaban J connectivity index is 1.80. The summed E-state index contributed by atoms with van der Waals surface area (Å²) < 4.78 is 13.5. The molecule has 1 aromatic heterocycles. The van der Waals surface area contributed by atoms with E-state index in [0.29, 0.717) is 5.82 Å². The van der Waals surface area contributed by atoms with Crippen molar-refractivity contribution in [2.75, 3.05) is 0 Å². The number of aromatic amines is 1. The Bertz CT molecular complexity index is 595. The van der Waals surface area contributed by atoms with Crippen LogP contribution in [0.5, 0.6) is 0 Å². The van der Waals surface area contributed by atoms with Gasteiger partial charge in [0, 0.05) is 5.69 Å². The highest BCUT2D eigenvalue weighted by Gasteiger charge is 2.17. The van der Waals surface area contributed by atoms with E-state index in [-0.39, 0.29) is 17.8 Å². The normalized spacial score (nSPS) is 14.2. The summed E-state index contributed by atoms with van der Waals surface area (Å²) in [6, 6.07) is 6.07. The Kier molecular flexibility index (Phi) is 3.15. The van der Waals surface area contributed by atoms with Crippen LogP contribution in [0, 0.1) is 5.82 Å². The van der Waals surface area contributed by atoms with Crippen molar-refractivity contribution in [1.29, 1.82) is 0 Å². The summed E-state index contributed by atoms with van der Waals surface area (Å²) in [5.41, 5.74) is 2.35. The SMILES string of the molecule is O=C(Cc1nc2c([nH]1)CCCC2)c1ccccc1F. The second-order valence-corrected chi connectivity index (χ2v) is 4.90. The Morgan fingerprint density at radius 3 is 2.84 bits per heavy atom. The van der Waals surface area contributed by atoms with E-state index in [2.05, 4.69) is 9.97 Å². The molecule has 1 aromatic carbocycles. The van der Waals surface area contributed by atoms with Crippen LogP contribution in [-0.4, -0.2) is 15.8 Å². The van der Waals surface area contributed by atoms with Crippen LogP contribution in [0.1, 0.15) is 40.4 Å². The van der Waals surface area contributed by atoms with Crippen LogP contribution in [0.4, 0.5) is 4.39 Å². The quantitative estimate of drug-likeness (QED) is 0.860. The average molecular weight is 258 g/mol. The monoisotopic (exact) mass is 258 g/mol. The van der Waals surface area contributed by atoms with Crippen LogP contribution < -0.4 is 0 Å². The number of carbonyl (C=O) groups is 1. The molecule has 0 atom stereocenters. The first-order valence-corrected chi connectivity index (χ1v) is 6.58. The maximum Gasteiger partial charge on any atom is 0.173 e. The number of hydrogen-bond donors (Lipinski definition) is 1. The molecule has 0 fully saturated rings. The molecule has 98 valence electrons. The number of imidazole rings is 1. The van der Waals surface area contributed by atoms with Crippen molar-refractivity contribution in [3.05, 3.63) is 52.9 Å². The van der Waals surface area contributed by atoms with Crippen molar-refractivity contribution >= 4 is 5.78 Å². The van der Waals surface area contributed by atoms with E-state index in [1.54, 1.807) is 12.1 Å². The summed E-state index contributed by atoms with van der Waals surface area (Å²) in [4.78, 5) is 19.7. The van der Waals surface area contributed by atoms with Gasteiger partial charge >= 0.3 is 0 Å². The number of nitrogens with zero attached hydrogens (tertiary/aromatic N) is 1. The first-order valence-electron chi connectivity index (χ1n) is 6.58. The number of Topliss-reactive ketones (excluding diaryl/α,β-unsaturated/α-hetero) is 1. The summed E-state index contributed by atoms with van der Waals surface area (Å²) in [5.74, 6) is -0.0480. The van der Waals surface area contributed by atoms with E-state index in [4.69, 9.17) is 0 Å². The summed E-state index contributed by atoms with van der Waals surface area (Å²) in [7, 11) is 0. The zero-order valence-corrected chi connectivity index (χ0v) is 10.6. The topological polar surface area (TPSA) is 45.8 Å². The molecule has 0 unspecified atom stereocenters. The second-order valence-electron chi connectivity index (χ2n) is 4.90. The molecule has 0 bridgehead atoms. The number of benzene rings is 1. The van der Waals surface area contributed by atoms with Crippen molar-refractivity contribution in [3.63, 3.8) is 0 Å². The molecule has 1 aliphatic carbocycles. The summed E-state index contributed by atoms with van der Waals surface area (Å²) in [6.07, 6.45) is 4.42. The van der Waals surface area contributed by atoms with Gasteiger partial charge in [0.05, 0.1) is 17.7 Å². The van der Waals surface area contributed by atoms with Gasteiger partial charge in [-0.15, -0.1) is 0 Å². The Hall–Kier alpha value is -1.97. The van der Waals surface area contributed by atoms with Gasteiger partial charge in [-0.1, -0.05) is 12.1 Å². The third-order valence-corrected chi connectivity index (χ3v) is 3.51. The Morgan fingerprint density at radius 2 is 2.05 bits per heavy atom. The third kappa shape index (κ3) is 2.43. The number of carbonyl (C=O) groups excluding carboxylic acids is 1. The zero-order chi connectivity index (χ0) is 13.2. The number of halogens is 1. The molecule has 0 saturated heterocycles. The third-order valence-electron chi connectivity index (χ3n) is 3.51. The van der Waals surface area contributed by atoms with E-state index in [1.165, 1.54) is 12.1 Å². The zero-order valence-electron chi connectivity index (χ0n) is 10.6. The van der Waals surface area contributed by atoms with Gasteiger partial charge in [0.2, 0.25) is 0 Å².